The van der Waals surface area contributed by atoms with Gasteiger partial charge in [0.05, 0.1) is 15.6 Å². The second kappa shape index (κ2) is 3.29. The molecule has 5 nitrogen and oxygen atoms in total. The highest BCUT2D eigenvalue weighted by Crippen LogP contribution is 2.27. The monoisotopic (exact) mass is 197 g/mol. The molecule has 0 saturated carbocycles. The minimum Gasteiger partial charge on any atom is -0.397 e. The van der Waals surface area contributed by atoms with Crippen molar-refractivity contribution in [1.29, 1.82) is 5.26 Å². The predicted octanol–water partition coefficient (Wildman–Crippen LogP) is 1.70. The zero-order valence-corrected chi connectivity index (χ0v) is 7.08. The summed E-state index contributed by atoms with van der Waals surface area (Å²) in [6.07, 6.45) is 0. The first-order chi connectivity index (χ1) is 6.06. The largest absolute Gasteiger partial charge is 0.397 e. The number of halogens is 1. The van der Waals surface area contributed by atoms with Gasteiger partial charge in [-0.3, -0.25) is 10.1 Å². The lowest BCUT2D eigenvalue weighted by Crippen LogP contribution is -1.95. The standard InChI is InChI=1S/C7H4ClN3O2/c8-5-2-7(11(12)13)4(3-9)1-6(5)10/h1-2H,10H2. The number of hydrogen-bond donors (Lipinski definition) is 1. The fraction of sp³-hybridized carbons (Fsp3) is 0. The SMILES string of the molecule is N#Cc1cc(N)c(Cl)cc1[N+](=O)[O-]. The van der Waals surface area contributed by atoms with E-state index in [-0.39, 0.29) is 22.0 Å². The summed E-state index contributed by atoms with van der Waals surface area (Å²) in [6.45, 7) is 0. The molecule has 0 saturated heterocycles. The van der Waals surface area contributed by atoms with Crippen molar-refractivity contribution in [3.8, 4) is 6.07 Å². The Morgan fingerprint density at radius 3 is 2.69 bits per heavy atom. The quantitative estimate of drug-likeness (QED) is 0.421. The lowest BCUT2D eigenvalue weighted by atomic mass is 10.2. The Hall–Kier alpha value is -1.80. The van der Waals surface area contributed by atoms with Gasteiger partial charge in [-0.1, -0.05) is 11.6 Å². The molecule has 0 bridgehead atoms. The molecule has 0 unspecified atom stereocenters. The zero-order chi connectivity index (χ0) is 10.0. The molecule has 1 rings (SSSR count). The van der Waals surface area contributed by atoms with E-state index in [4.69, 9.17) is 22.6 Å². The number of nitrogens with two attached hydrogens (primary N) is 1. The molecule has 0 fully saturated rings. The molecule has 0 spiro atoms. The molecule has 0 amide bonds. The third-order valence-electron chi connectivity index (χ3n) is 1.43. The number of nitro benzene ring substituents is 1. The van der Waals surface area contributed by atoms with E-state index in [0.717, 1.165) is 6.07 Å². The van der Waals surface area contributed by atoms with Crippen molar-refractivity contribution in [1.82, 2.24) is 0 Å². The van der Waals surface area contributed by atoms with Crippen LogP contribution in [0.1, 0.15) is 5.56 Å². The average Bonchev–Trinajstić information content (AvgIpc) is 2.08. The van der Waals surface area contributed by atoms with Gasteiger partial charge in [0.1, 0.15) is 11.6 Å². The van der Waals surface area contributed by atoms with Crippen LogP contribution in [0, 0.1) is 21.4 Å². The van der Waals surface area contributed by atoms with E-state index in [1.54, 1.807) is 6.07 Å². The zero-order valence-electron chi connectivity index (χ0n) is 6.32. The molecule has 0 aliphatic rings. The van der Waals surface area contributed by atoms with Gasteiger partial charge >= 0.3 is 0 Å². The minimum atomic E-state index is -0.677. The van der Waals surface area contributed by atoms with Gasteiger partial charge in [0.15, 0.2) is 0 Å². The topological polar surface area (TPSA) is 93.0 Å². The van der Waals surface area contributed by atoms with Gasteiger partial charge in [-0.05, 0) is 6.07 Å². The Morgan fingerprint density at radius 1 is 1.62 bits per heavy atom. The van der Waals surface area contributed by atoms with Gasteiger partial charge in [0.25, 0.3) is 5.69 Å². The number of benzene rings is 1. The van der Waals surface area contributed by atoms with Crippen LogP contribution in [0.3, 0.4) is 0 Å². The van der Waals surface area contributed by atoms with Crippen LogP contribution in [0.5, 0.6) is 0 Å². The number of nitrogens with zero attached hydrogens (tertiary/aromatic N) is 2. The van der Waals surface area contributed by atoms with Crippen molar-refractivity contribution in [2.45, 2.75) is 0 Å². The summed E-state index contributed by atoms with van der Waals surface area (Å²) in [7, 11) is 0. The van der Waals surface area contributed by atoms with Crippen LogP contribution in [0.25, 0.3) is 0 Å². The highest BCUT2D eigenvalue weighted by Gasteiger charge is 2.15. The molecule has 1 aromatic carbocycles. The minimum absolute atomic E-state index is 0.0747. The van der Waals surface area contributed by atoms with Crippen LogP contribution in [-0.2, 0) is 0 Å². The van der Waals surface area contributed by atoms with Gasteiger partial charge < -0.3 is 5.73 Å². The van der Waals surface area contributed by atoms with Crippen molar-refractivity contribution >= 4 is 23.0 Å². The average molecular weight is 198 g/mol. The van der Waals surface area contributed by atoms with E-state index in [9.17, 15) is 10.1 Å². The number of nitro groups is 1. The fourth-order valence-electron chi connectivity index (χ4n) is 0.820. The second-order valence-electron chi connectivity index (χ2n) is 2.26. The molecule has 0 atom stereocenters. The summed E-state index contributed by atoms with van der Waals surface area (Å²) < 4.78 is 0. The molecule has 0 aromatic heterocycles. The molecule has 0 aliphatic carbocycles. The first-order valence-electron chi connectivity index (χ1n) is 3.19. The van der Waals surface area contributed by atoms with Crippen LogP contribution < -0.4 is 5.73 Å². The van der Waals surface area contributed by atoms with E-state index in [1.165, 1.54) is 6.07 Å². The van der Waals surface area contributed by atoms with Crippen molar-refractivity contribution in [3.05, 3.63) is 32.8 Å². The number of nitrogen functional groups attached to an aromatic ring is 1. The van der Waals surface area contributed by atoms with Crippen LogP contribution in [0.15, 0.2) is 12.1 Å². The lowest BCUT2D eigenvalue weighted by Gasteiger charge is -1.98. The normalized spacial score (nSPS) is 9.23. The molecular formula is C7H4ClN3O2. The van der Waals surface area contributed by atoms with Gasteiger partial charge in [0, 0.05) is 6.07 Å². The Balaban J connectivity index is 3.44. The number of hydrogen-bond acceptors (Lipinski definition) is 4. The fourth-order valence-corrected chi connectivity index (χ4v) is 0.978. The van der Waals surface area contributed by atoms with Crippen molar-refractivity contribution in [3.63, 3.8) is 0 Å². The van der Waals surface area contributed by atoms with Gasteiger partial charge in [-0.2, -0.15) is 5.26 Å². The Labute approximate surface area is 78.5 Å². The van der Waals surface area contributed by atoms with Gasteiger partial charge in [-0.15, -0.1) is 0 Å². The number of nitriles is 1. The molecular weight excluding hydrogens is 194 g/mol. The summed E-state index contributed by atoms with van der Waals surface area (Å²) in [5.41, 5.74) is 5.09. The van der Waals surface area contributed by atoms with Crippen molar-refractivity contribution < 1.29 is 4.92 Å². The molecule has 0 aliphatic heterocycles. The lowest BCUT2D eigenvalue weighted by molar-refractivity contribution is -0.385. The Kier molecular flexibility index (Phi) is 2.35. The summed E-state index contributed by atoms with van der Waals surface area (Å²) in [5, 5.41) is 19.0. The van der Waals surface area contributed by atoms with E-state index in [1.807, 2.05) is 0 Å². The van der Waals surface area contributed by atoms with Gasteiger partial charge in [-0.25, -0.2) is 0 Å². The summed E-state index contributed by atoms with van der Waals surface area (Å²) >= 11 is 5.55. The highest BCUT2D eigenvalue weighted by molar-refractivity contribution is 6.33. The summed E-state index contributed by atoms with van der Waals surface area (Å²) in [5.74, 6) is 0. The predicted molar refractivity (Wildman–Crippen MR) is 47.2 cm³/mol. The number of anilines is 1. The second-order valence-corrected chi connectivity index (χ2v) is 2.67. The van der Waals surface area contributed by atoms with Crippen molar-refractivity contribution in [2.24, 2.45) is 0 Å². The van der Waals surface area contributed by atoms with Crippen LogP contribution in [-0.4, -0.2) is 4.92 Å². The molecule has 0 heterocycles. The molecule has 6 heteroatoms. The molecule has 13 heavy (non-hydrogen) atoms. The highest BCUT2D eigenvalue weighted by atomic mass is 35.5. The van der Waals surface area contributed by atoms with Crippen molar-refractivity contribution in [2.75, 3.05) is 5.73 Å². The van der Waals surface area contributed by atoms with E-state index in [2.05, 4.69) is 0 Å². The summed E-state index contributed by atoms with van der Waals surface area (Å²) in [6, 6.07) is 3.91. The molecule has 1 aromatic rings. The van der Waals surface area contributed by atoms with E-state index in [0.29, 0.717) is 0 Å². The first kappa shape index (κ1) is 9.29. The third kappa shape index (κ3) is 1.68. The van der Waals surface area contributed by atoms with Crippen LogP contribution in [0.2, 0.25) is 5.02 Å². The maximum Gasteiger partial charge on any atom is 0.288 e. The summed E-state index contributed by atoms with van der Waals surface area (Å²) in [4.78, 5) is 9.72. The molecule has 66 valence electrons. The number of rotatable bonds is 1. The smallest absolute Gasteiger partial charge is 0.288 e. The Bertz CT molecular complexity index is 411. The maximum atomic E-state index is 10.4. The van der Waals surface area contributed by atoms with Crippen LogP contribution >= 0.6 is 11.6 Å². The molecule has 0 radical (unpaired) electrons. The first-order valence-corrected chi connectivity index (χ1v) is 3.57. The Morgan fingerprint density at radius 2 is 2.23 bits per heavy atom. The van der Waals surface area contributed by atoms with Gasteiger partial charge in [0.2, 0.25) is 0 Å². The third-order valence-corrected chi connectivity index (χ3v) is 1.76. The van der Waals surface area contributed by atoms with E-state index < -0.39 is 4.92 Å². The maximum absolute atomic E-state index is 10.4. The van der Waals surface area contributed by atoms with Crippen LogP contribution in [0.4, 0.5) is 11.4 Å². The molecule has 2 N–H and O–H groups in total. The van der Waals surface area contributed by atoms with E-state index >= 15 is 0 Å².